The molecule has 1 N–H and O–H groups in total. The Morgan fingerprint density at radius 2 is 1.79 bits per heavy atom. The van der Waals surface area contributed by atoms with E-state index in [1.807, 2.05) is 0 Å². The Hall–Kier alpha value is -4.11. The Kier molecular flexibility index (Phi) is 6.65. The van der Waals surface area contributed by atoms with Gasteiger partial charge in [-0.05, 0) is 61.5 Å². The Bertz CT molecular complexity index is 1370. The molecule has 0 saturated heterocycles. The summed E-state index contributed by atoms with van der Waals surface area (Å²) in [7, 11) is 1.46. The lowest BCUT2D eigenvalue weighted by atomic mass is 10.1. The van der Waals surface area contributed by atoms with Crippen molar-refractivity contribution in [2.24, 2.45) is 0 Å². The molecule has 34 heavy (non-hydrogen) atoms. The molecule has 0 bridgehead atoms. The van der Waals surface area contributed by atoms with E-state index in [4.69, 9.17) is 20.9 Å². The lowest BCUT2D eigenvalue weighted by Gasteiger charge is -2.11. The molecule has 0 fully saturated rings. The molecule has 2 aromatic heterocycles. The van der Waals surface area contributed by atoms with Gasteiger partial charge in [0.15, 0.2) is 11.6 Å². The number of ketones is 1. The van der Waals surface area contributed by atoms with Crippen LogP contribution < -0.4 is 10.1 Å². The maximum Gasteiger partial charge on any atom is 0.257 e. The van der Waals surface area contributed by atoms with Crippen LogP contribution in [0.2, 0.25) is 5.02 Å². The van der Waals surface area contributed by atoms with E-state index in [2.05, 4.69) is 20.4 Å². The van der Waals surface area contributed by atoms with Gasteiger partial charge in [0.25, 0.3) is 11.8 Å². The molecule has 0 aliphatic rings. The fourth-order valence-electron chi connectivity index (χ4n) is 3.15. The minimum Gasteiger partial charge on any atom is -0.494 e. The Morgan fingerprint density at radius 1 is 1.06 bits per heavy atom. The van der Waals surface area contributed by atoms with Crippen LogP contribution in [0.5, 0.6) is 5.75 Å². The van der Waals surface area contributed by atoms with E-state index in [-0.39, 0.29) is 17.3 Å². The predicted octanol–water partition coefficient (Wildman–Crippen LogP) is 4.52. The minimum absolute atomic E-state index is 0.0782. The van der Waals surface area contributed by atoms with Crippen LogP contribution in [-0.4, -0.2) is 40.5 Å². The standard InChI is InChI=1S/C24H18ClFN4O4/c1-13-28-24(34-30-13)15-5-3-14(4-6-15)23(32)27-12-20(31)19-9-10-21(33-2)22(29-19)16-7-8-18(26)17(25)11-16/h3-11H,12H2,1-2H3,(H,27,32). The predicted molar refractivity (Wildman–Crippen MR) is 122 cm³/mol. The molecule has 2 heterocycles. The summed E-state index contributed by atoms with van der Waals surface area (Å²) in [5.74, 6) is -0.167. The molecule has 10 heteroatoms. The first kappa shape index (κ1) is 23.1. The van der Waals surface area contributed by atoms with Gasteiger partial charge in [-0.1, -0.05) is 16.8 Å². The van der Waals surface area contributed by atoms with Crippen molar-refractivity contribution in [2.45, 2.75) is 6.92 Å². The normalized spacial score (nSPS) is 10.7. The van der Waals surface area contributed by atoms with E-state index in [1.54, 1.807) is 37.3 Å². The van der Waals surface area contributed by atoms with Gasteiger partial charge in [0, 0.05) is 16.7 Å². The zero-order chi connectivity index (χ0) is 24.2. The number of halogens is 2. The van der Waals surface area contributed by atoms with Crippen LogP contribution >= 0.6 is 11.6 Å². The summed E-state index contributed by atoms with van der Waals surface area (Å²) in [6.07, 6.45) is 0. The SMILES string of the molecule is COc1ccc(C(=O)CNC(=O)c2ccc(-c3nc(C)no3)cc2)nc1-c1ccc(F)c(Cl)c1. The highest BCUT2D eigenvalue weighted by Gasteiger charge is 2.16. The van der Waals surface area contributed by atoms with Gasteiger partial charge in [-0.3, -0.25) is 9.59 Å². The van der Waals surface area contributed by atoms with Crippen molar-refractivity contribution in [3.8, 4) is 28.5 Å². The maximum atomic E-state index is 13.5. The summed E-state index contributed by atoms with van der Waals surface area (Å²) >= 11 is 5.88. The number of methoxy groups -OCH3 is 1. The number of benzene rings is 2. The number of pyridine rings is 1. The number of ether oxygens (including phenoxy) is 1. The monoisotopic (exact) mass is 480 g/mol. The third kappa shape index (κ3) is 4.94. The van der Waals surface area contributed by atoms with Crippen molar-refractivity contribution in [2.75, 3.05) is 13.7 Å². The van der Waals surface area contributed by atoms with E-state index >= 15 is 0 Å². The van der Waals surface area contributed by atoms with Crippen molar-refractivity contribution in [1.29, 1.82) is 0 Å². The van der Waals surface area contributed by atoms with Crippen LogP contribution in [0.25, 0.3) is 22.7 Å². The minimum atomic E-state index is -0.570. The fraction of sp³-hybridized carbons (Fsp3) is 0.125. The maximum absolute atomic E-state index is 13.5. The van der Waals surface area contributed by atoms with Crippen molar-refractivity contribution in [3.05, 3.63) is 82.5 Å². The second-order valence-electron chi connectivity index (χ2n) is 7.21. The van der Waals surface area contributed by atoms with Crippen LogP contribution in [0.3, 0.4) is 0 Å². The van der Waals surface area contributed by atoms with Crippen LogP contribution in [0.1, 0.15) is 26.7 Å². The van der Waals surface area contributed by atoms with Gasteiger partial charge >= 0.3 is 0 Å². The number of carbonyl (C=O) groups is 2. The number of amides is 1. The van der Waals surface area contributed by atoms with E-state index in [0.29, 0.717) is 39.8 Å². The third-order valence-corrected chi connectivity index (χ3v) is 5.18. The van der Waals surface area contributed by atoms with E-state index in [0.717, 1.165) is 0 Å². The Balaban J connectivity index is 1.46. The summed E-state index contributed by atoms with van der Waals surface area (Å²) in [6.45, 7) is 1.44. The topological polar surface area (TPSA) is 107 Å². The number of rotatable bonds is 7. The number of nitrogens with zero attached hydrogens (tertiary/aromatic N) is 3. The highest BCUT2D eigenvalue weighted by atomic mass is 35.5. The van der Waals surface area contributed by atoms with Gasteiger partial charge in [0.05, 0.1) is 18.7 Å². The summed E-state index contributed by atoms with van der Waals surface area (Å²) in [4.78, 5) is 33.7. The summed E-state index contributed by atoms with van der Waals surface area (Å²) < 4.78 is 24.0. The molecule has 4 rings (SSSR count). The van der Waals surface area contributed by atoms with E-state index in [9.17, 15) is 14.0 Å². The largest absolute Gasteiger partial charge is 0.494 e. The van der Waals surface area contributed by atoms with Crippen LogP contribution in [0.15, 0.2) is 59.1 Å². The quantitative estimate of drug-likeness (QED) is 0.387. The molecule has 0 unspecified atom stereocenters. The van der Waals surface area contributed by atoms with E-state index in [1.165, 1.54) is 31.4 Å². The Morgan fingerprint density at radius 3 is 2.44 bits per heavy atom. The zero-order valence-corrected chi connectivity index (χ0v) is 18.9. The van der Waals surface area contributed by atoms with Crippen molar-refractivity contribution >= 4 is 23.3 Å². The molecule has 0 atom stereocenters. The fourth-order valence-corrected chi connectivity index (χ4v) is 3.33. The van der Waals surface area contributed by atoms with Crippen LogP contribution in [0.4, 0.5) is 4.39 Å². The Labute approximate surface area is 198 Å². The smallest absolute Gasteiger partial charge is 0.257 e. The number of hydrogen-bond acceptors (Lipinski definition) is 7. The lowest BCUT2D eigenvalue weighted by molar-refractivity contribution is 0.0902. The first-order chi connectivity index (χ1) is 16.4. The molecule has 1 amide bonds. The van der Waals surface area contributed by atoms with Gasteiger partial charge in [0.2, 0.25) is 0 Å². The molecule has 2 aromatic carbocycles. The summed E-state index contributed by atoms with van der Waals surface area (Å²) in [5, 5.41) is 6.24. The number of aryl methyl sites for hydroxylation is 1. The highest BCUT2D eigenvalue weighted by molar-refractivity contribution is 6.31. The molecule has 0 spiro atoms. The highest BCUT2D eigenvalue weighted by Crippen LogP contribution is 2.31. The summed E-state index contributed by atoms with van der Waals surface area (Å²) in [6, 6.07) is 13.7. The number of carbonyl (C=O) groups excluding carboxylic acids is 2. The zero-order valence-electron chi connectivity index (χ0n) is 18.1. The van der Waals surface area contributed by atoms with Gasteiger partial charge in [-0.15, -0.1) is 0 Å². The third-order valence-electron chi connectivity index (χ3n) is 4.89. The second-order valence-corrected chi connectivity index (χ2v) is 7.61. The van der Waals surface area contributed by atoms with Gasteiger partial charge in [0.1, 0.15) is 23.0 Å². The molecule has 8 nitrogen and oxygen atoms in total. The molecule has 0 saturated carbocycles. The number of hydrogen-bond donors (Lipinski definition) is 1. The molecular formula is C24H18ClFN4O4. The van der Waals surface area contributed by atoms with Crippen LogP contribution in [0, 0.1) is 12.7 Å². The summed E-state index contributed by atoms with van der Waals surface area (Å²) in [5.41, 5.74) is 1.95. The molecular weight excluding hydrogens is 463 g/mol. The lowest BCUT2D eigenvalue weighted by Crippen LogP contribution is -2.30. The first-order valence-corrected chi connectivity index (χ1v) is 10.5. The number of nitrogens with one attached hydrogen (secondary N) is 1. The molecule has 4 aromatic rings. The van der Waals surface area contributed by atoms with Crippen molar-refractivity contribution in [1.82, 2.24) is 20.4 Å². The van der Waals surface area contributed by atoms with Gasteiger partial charge < -0.3 is 14.6 Å². The first-order valence-electron chi connectivity index (χ1n) is 10.1. The number of aromatic nitrogens is 3. The van der Waals surface area contributed by atoms with Crippen molar-refractivity contribution in [3.63, 3.8) is 0 Å². The molecule has 0 aliphatic carbocycles. The average molecular weight is 481 g/mol. The van der Waals surface area contributed by atoms with Gasteiger partial charge in [-0.25, -0.2) is 9.37 Å². The van der Waals surface area contributed by atoms with Crippen LogP contribution in [-0.2, 0) is 0 Å². The molecule has 0 radical (unpaired) electrons. The van der Waals surface area contributed by atoms with Crippen molar-refractivity contribution < 1.29 is 23.2 Å². The average Bonchev–Trinajstić information content (AvgIpc) is 3.30. The molecule has 0 aliphatic heterocycles. The van der Waals surface area contributed by atoms with E-state index < -0.39 is 17.5 Å². The second kappa shape index (κ2) is 9.80. The molecule has 172 valence electrons. The van der Waals surface area contributed by atoms with Gasteiger partial charge in [-0.2, -0.15) is 4.98 Å². The number of Topliss-reactive ketones (excluding diaryl/α,β-unsaturated/α-hetero) is 1.